The Labute approximate surface area is 171 Å². The molecule has 1 heterocycles. The van der Waals surface area contributed by atoms with Gasteiger partial charge in [0.25, 0.3) is 5.56 Å². The number of rotatable bonds is 7. The van der Waals surface area contributed by atoms with E-state index in [2.05, 4.69) is 62.3 Å². The second-order valence-electron chi connectivity index (χ2n) is 8.30. The Bertz CT molecular complexity index is 1040. The highest BCUT2D eigenvalue weighted by atomic mass is 16.2. The van der Waals surface area contributed by atoms with Crippen molar-refractivity contribution in [3.8, 4) is 0 Å². The minimum absolute atomic E-state index is 0.0312. The standard InChI is InChI=1S/C24H29N3O2/c1-16(2)13-18-9-11-19(12-10-18)24(17(3)4)26-22(28)15-27-21-8-6-5-7-20(21)25-14-23(27)29/h5-12,14,16-17,24H,13,15H2,1-4H3,(H,26,28). The summed E-state index contributed by atoms with van der Waals surface area (Å²) in [4.78, 5) is 29.3. The van der Waals surface area contributed by atoms with Gasteiger partial charge in [0.2, 0.25) is 5.91 Å². The summed E-state index contributed by atoms with van der Waals surface area (Å²) in [7, 11) is 0. The third-order valence-electron chi connectivity index (χ3n) is 5.02. The second kappa shape index (κ2) is 9.03. The van der Waals surface area contributed by atoms with Crippen LogP contribution in [0, 0.1) is 11.8 Å². The third kappa shape index (κ3) is 5.11. The molecule has 29 heavy (non-hydrogen) atoms. The summed E-state index contributed by atoms with van der Waals surface area (Å²) in [5.41, 5.74) is 3.45. The number of hydrogen-bond donors (Lipinski definition) is 1. The lowest BCUT2D eigenvalue weighted by atomic mass is 9.93. The van der Waals surface area contributed by atoms with Crippen LogP contribution in [0.4, 0.5) is 0 Å². The minimum Gasteiger partial charge on any atom is -0.347 e. The Kier molecular flexibility index (Phi) is 6.47. The van der Waals surface area contributed by atoms with E-state index in [0.29, 0.717) is 17.0 Å². The molecule has 0 saturated heterocycles. The van der Waals surface area contributed by atoms with Crippen molar-refractivity contribution in [2.24, 2.45) is 11.8 Å². The molecule has 1 amide bonds. The molecule has 3 aromatic rings. The van der Waals surface area contributed by atoms with Crippen LogP contribution in [0.25, 0.3) is 11.0 Å². The fraction of sp³-hybridized carbons (Fsp3) is 0.375. The number of amides is 1. The molecule has 3 rings (SSSR count). The van der Waals surface area contributed by atoms with Gasteiger partial charge in [0.05, 0.1) is 23.3 Å². The molecule has 0 saturated carbocycles. The van der Waals surface area contributed by atoms with Gasteiger partial charge in [-0.3, -0.25) is 14.2 Å². The third-order valence-corrected chi connectivity index (χ3v) is 5.02. The molecule has 0 spiro atoms. The molecule has 1 atom stereocenters. The summed E-state index contributed by atoms with van der Waals surface area (Å²) in [6, 6.07) is 15.7. The largest absolute Gasteiger partial charge is 0.347 e. The van der Waals surface area contributed by atoms with E-state index >= 15 is 0 Å². The van der Waals surface area contributed by atoms with Crippen LogP contribution in [0.2, 0.25) is 0 Å². The highest BCUT2D eigenvalue weighted by molar-refractivity contribution is 5.80. The smallest absolute Gasteiger partial charge is 0.269 e. The molecule has 2 aromatic carbocycles. The maximum atomic E-state index is 12.8. The molecule has 1 unspecified atom stereocenters. The van der Waals surface area contributed by atoms with Gasteiger partial charge in [-0.1, -0.05) is 64.1 Å². The Balaban J connectivity index is 1.79. The lowest BCUT2D eigenvalue weighted by Crippen LogP contribution is -2.36. The fourth-order valence-electron chi connectivity index (χ4n) is 3.61. The number of nitrogens with zero attached hydrogens (tertiary/aromatic N) is 2. The number of aromatic nitrogens is 2. The van der Waals surface area contributed by atoms with Crippen molar-refractivity contribution in [3.05, 3.63) is 76.2 Å². The molecular formula is C24H29N3O2. The average Bonchev–Trinajstić information content (AvgIpc) is 2.68. The molecule has 0 radical (unpaired) electrons. The normalized spacial score (nSPS) is 12.5. The van der Waals surface area contributed by atoms with Gasteiger partial charge >= 0.3 is 0 Å². The molecule has 0 aliphatic heterocycles. The lowest BCUT2D eigenvalue weighted by molar-refractivity contribution is -0.122. The molecule has 0 aliphatic rings. The summed E-state index contributed by atoms with van der Waals surface area (Å²) < 4.78 is 1.47. The van der Waals surface area contributed by atoms with Gasteiger partial charge in [-0.15, -0.1) is 0 Å². The first-order valence-corrected chi connectivity index (χ1v) is 10.2. The van der Waals surface area contributed by atoms with Crippen LogP contribution < -0.4 is 10.9 Å². The quantitative estimate of drug-likeness (QED) is 0.659. The maximum absolute atomic E-state index is 12.8. The number of hydrogen-bond acceptors (Lipinski definition) is 3. The summed E-state index contributed by atoms with van der Waals surface area (Å²) in [5.74, 6) is 0.643. The van der Waals surface area contributed by atoms with Crippen LogP contribution in [0.1, 0.15) is 44.9 Å². The highest BCUT2D eigenvalue weighted by Crippen LogP contribution is 2.23. The number of nitrogens with one attached hydrogen (secondary N) is 1. The predicted molar refractivity (Wildman–Crippen MR) is 117 cm³/mol. The van der Waals surface area contributed by atoms with Crippen LogP contribution in [-0.4, -0.2) is 15.5 Å². The Morgan fingerprint density at radius 3 is 2.38 bits per heavy atom. The van der Waals surface area contributed by atoms with Gasteiger partial charge < -0.3 is 5.32 Å². The Morgan fingerprint density at radius 1 is 1.03 bits per heavy atom. The van der Waals surface area contributed by atoms with E-state index < -0.39 is 0 Å². The van der Waals surface area contributed by atoms with Crippen molar-refractivity contribution < 1.29 is 4.79 Å². The van der Waals surface area contributed by atoms with Crippen molar-refractivity contribution in [3.63, 3.8) is 0 Å². The fourth-order valence-corrected chi connectivity index (χ4v) is 3.61. The molecule has 1 aromatic heterocycles. The Morgan fingerprint density at radius 2 is 1.72 bits per heavy atom. The summed E-state index contributed by atoms with van der Waals surface area (Å²) >= 11 is 0. The van der Waals surface area contributed by atoms with Gasteiger partial charge in [-0.25, -0.2) is 4.98 Å². The summed E-state index contributed by atoms with van der Waals surface area (Å²) in [6.45, 7) is 8.55. The van der Waals surface area contributed by atoms with Gasteiger partial charge in [0.15, 0.2) is 0 Å². The molecule has 0 aliphatic carbocycles. The molecule has 5 nitrogen and oxygen atoms in total. The number of carbonyl (C=O) groups excluding carboxylic acids is 1. The number of benzene rings is 2. The summed E-state index contributed by atoms with van der Waals surface area (Å²) in [6.07, 6.45) is 2.31. The van der Waals surface area contributed by atoms with E-state index in [9.17, 15) is 9.59 Å². The average molecular weight is 392 g/mol. The minimum atomic E-state index is -0.280. The second-order valence-corrected chi connectivity index (χ2v) is 8.30. The van der Waals surface area contributed by atoms with Crippen LogP contribution in [0.3, 0.4) is 0 Å². The van der Waals surface area contributed by atoms with Crippen LogP contribution in [0.15, 0.2) is 59.5 Å². The first-order valence-electron chi connectivity index (χ1n) is 10.2. The molecule has 152 valence electrons. The van der Waals surface area contributed by atoms with E-state index in [1.54, 1.807) is 0 Å². The topological polar surface area (TPSA) is 64.0 Å². The molecule has 1 N–H and O–H groups in total. The van der Waals surface area contributed by atoms with E-state index in [4.69, 9.17) is 0 Å². The van der Waals surface area contributed by atoms with E-state index in [1.807, 2.05) is 24.3 Å². The SMILES string of the molecule is CC(C)Cc1ccc(C(NC(=O)Cn2c(=O)cnc3ccccc32)C(C)C)cc1. The van der Waals surface area contributed by atoms with Gasteiger partial charge in [0, 0.05) is 0 Å². The van der Waals surface area contributed by atoms with Crippen molar-refractivity contribution in [1.29, 1.82) is 0 Å². The van der Waals surface area contributed by atoms with E-state index in [0.717, 1.165) is 12.0 Å². The molecule has 0 bridgehead atoms. The molecule has 5 heteroatoms. The van der Waals surface area contributed by atoms with E-state index in [1.165, 1.54) is 16.3 Å². The van der Waals surface area contributed by atoms with Gasteiger partial charge in [-0.05, 0) is 41.5 Å². The van der Waals surface area contributed by atoms with Crippen LogP contribution in [-0.2, 0) is 17.8 Å². The highest BCUT2D eigenvalue weighted by Gasteiger charge is 2.19. The van der Waals surface area contributed by atoms with Crippen LogP contribution >= 0.6 is 0 Å². The van der Waals surface area contributed by atoms with Gasteiger partial charge in [0.1, 0.15) is 6.54 Å². The zero-order chi connectivity index (χ0) is 21.0. The van der Waals surface area contributed by atoms with Gasteiger partial charge in [-0.2, -0.15) is 0 Å². The zero-order valence-corrected chi connectivity index (χ0v) is 17.6. The molecular weight excluding hydrogens is 362 g/mol. The number of fused-ring (bicyclic) bond motifs is 1. The van der Waals surface area contributed by atoms with Crippen molar-refractivity contribution >= 4 is 16.9 Å². The first-order chi connectivity index (χ1) is 13.8. The first kappa shape index (κ1) is 20.8. The van der Waals surface area contributed by atoms with Crippen molar-refractivity contribution in [1.82, 2.24) is 14.9 Å². The van der Waals surface area contributed by atoms with Crippen LogP contribution in [0.5, 0.6) is 0 Å². The number of carbonyl (C=O) groups is 1. The predicted octanol–water partition coefficient (Wildman–Crippen LogP) is 4.11. The lowest BCUT2D eigenvalue weighted by Gasteiger charge is -2.24. The number of para-hydroxylation sites is 2. The Hall–Kier alpha value is -2.95. The van der Waals surface area contributed by atoms with Crippen molar-refractivity contribution in [2.75, 3.05) is 0 Å². The van der Waals surface area contributed by atoms with E-state index in [-0.39, 0.29) is 30.0 Å². The summed E-state index contributed by atoms with van der Waals surface area (Å²) in [5, 5.41) is 3.11. The van der Waals surface area contributed by atoms with Crippen molar-refractivity contribution in [2.45, 2.75) is 46.7 Å². The molecule has 0 fully saturated rings. The zero-order valence-electron chi connectivity index (χ0n) is 17.6. The maximum Gasteiger partial charge on any atom is 0.269 e. The monoisotopic (exact) mass is 391 g/mol.